The molecule has 1 aromatic heterocycles. The van der Waals surface area contributed by atoms with E-state index >= 15 is 0 Å². The average Bonchev–Trinajstić information content (AvgIpc) is 2.96. The summed E-state index contributed by atoms with van der Waals surface area (Å²) < 4.78 is 5.69. The number of piperidine rings is 1. The molecule has 1 fully saturated rings. The van der Waals surface area contributed by atoms with Gasteiger partial charge in [-0.2, -0.15) is 0 Å². The van der Waals surface area contributed by atoms with Crippen LogP contribution in [0.2, 0.25) is 0 Å². The quantitative estimate of drug-likeness (QED) is 0.885. The highest BCUT2D eigenvalue weighted by Crippen LogP contribution is 2.23. The molecule has 0 aliphatic carbocycles. The molecule has 0 bridgehead atoms. The second-order valence-electron chi connectivity index (χ2n) is 4.94. The van der Waals surface area contributed by atoms with Crippen molar-refractivity contribution in [2.45, 2.75) is 31.9 Å². The number of hydrogen-bond acceptors (Lipinski definition) is 3. The molecule has 0 radical (unpaired) electrons. The zero-order valence-corrected chi connectivity index (χ0v) is 10.9. The van der Waals surface area contributed by atoms with E-state index in [0.717, 1.165) is 17.8 Å². The van der Waals surface area contributed by atoms with Gasteiger partial charge >= 0.3 is 0 Å². The van der Waals surface area contributed by atoms with Crippen LogP contribution in [0.15, 0.2) is 36.4 Å². The fraction of sp³-hybridized carbons (Fsp3) is 0.400. The van der Waals surface area contributed by atoms with Gasteiger partial charge in [-0.3, -0.25) is 5.10 Å². The van der Waals surface area contributed by atoms with Crippen molar-refractivity contribution in [3.8, 4) is 5.88 Å². The number of nitrogens with zero attached hydrogens (tertiary/aromatic N) is 1. The predicted octanol–water partition coefficient (Wildman–Crippen LogP) is 2.80. The first kappa shape index (κ1) is 12.2. The van der Waals surface area contributed by atoms with Crippen molar-refractivity contribution in [2.75, 3.05) is 6.54 Å². The first-order valence-electron chi connectivity index (χ1n) is 6.87. The first-order chi connectivity index (χ1) is 9.42. The third-order valence-corrected chi connectivity index (χ3v) is 3.49. The van der Waals surface area contributed by atoms with Gasteiger partial charge < -0.3 is 10.1 Å². The number of benzene rings is 1. The topological polar surface area (TPSA) is 49.9 Å². The summed E-state index contributed by atoms with van der Waals surface area (Å²) in [5.41, 5.74) is 2.28. The van der Waals surface area contributed by atoms with Gasteiger partial charge in [-0.25, -0.2) is 0 Å². The van der Waals surface area contributed by atoms with E-state index in [1.807, 2.05) is 24.3 Å². The average molecular weight is 257 g/mol. The Kier molecular flexibility index (Phi) is 3.79. The maximum Gasteiger partial charge on any atom is 0.233 e. The number of hydrogen-bond donors (Lipinski definition) is 2. The molecule has 19 heavy (non-hydrogen) atoms. The fourth-order valence-electron chi connectivity index (χ4n) is 2.42. The molecular formula is C15H19N3O. The van der Waals surface area contributed by atoms with Gasteiger partial charge in [-0.15, -0.1) is 5.10 Å². The van der Waals surface area contributed by atoms with Crippen molar-refractivity contribution in [3.05, 3.63) is 47.7 Å². The van der Waals surface area contributed by atoms with Crippen LogP contribution in [0.25, 0.3) is 0 Å². The second kappa shape index (κ2) is 5.89. The van der Waals surface area contributed by atoms with Gasteiger partial charge in [-0.05, 0) is 24.9 Å². The van der Waals surface area contributed by atoms with Crippen LogP contribution in [-0.4, -0.2) is 16.7 Å². The summed E-state index contributed by atoms with van der Waals surface area (Å²) in [5, 5.41) is 10.8. The molecule has 3 rings (SSSR count). The van der Waals surface area contributed by atoms with Crippen LogP contribution in [0.4, 0.5) is 0 Å². The second-order valence-corrected chi connectivity index (χ2v) is 4.94. The summed E-state index contributed by atoms with van der Waals surface area (Å²) in [6.07, 6.45) is 3.71. The molecule has 2 heterocycles. The molecule has 0 amide bonds. The molecule has 4 nitrogen and oxygen atoms in total. The van der Waals surface area contributed by atoms with Crippen LogP contribution >= 0.6 is 0 Å². The molecule has 2 N–H and O–H groups in total. The first-order valence-corrected chi connectivity index (χ1v) is 6.87. The van der Waals surface area contributed by atoms with E-state index < -0.39 is 0 Å². The largest absolute Gasteiger partial charge is 0.472 e. The number of nitrogens with one attached hydrogen (secondary N) is 2. The van der Waals surface area contributed by atoms with Crippen molar-refractivity contribution in [1.29, 1.82) is 0 Å². The third-order valence-electron chi connectivity index (χ3n) is 3.49. The molecule has 0 saturated carbocycles. The van der Waals surface area contributed by atoms with E-state index in [4.69, 9.17) is 4.74 Å². The van der Waals surface area contributed by atoms with E-state index in [-0.39, 0.29) is 0 Å². The Morgan fingerprint density at radius 1 is 1.21 bits per heavy atom. The summed E-state index contributed by atoms with van der Waals surface area (Å²) in [6, 6.07) is 12.5. The summed E-state index contributed by atoms with van der Waals surface area (Å²) in [6.45, 7) is 1.65. The van der Waals surface area contributed by atoms with E-state index in [1.54, 1.807) is 0 Å². The molecular weight excluding hydrogens is 238 g/mol. The molecule has 1 unspecified atom stereocenters. The maximum atomic E-state index is 5.69. The fourth-order valence-corrected chi connectivity index (χ4v) is 2.42. The van der Waals surface area contributed by atoms with Gasteiger partial charge in [0.2, 0.25) is 5.88 Å². The molecule has 4 heteroatoms. The Hall–Kier alpha value is -1.81. The van der Waals surface area contributed by atoms with Gasteiger partial charge in [0.25, 0.3) is 0 Å². The SMILES string of the molecule is c1ccc(COc2cc(C3CCCCN3)[nH]n2)cc1. The lowest BCUT2D eigenvalue weighted by atomic mass is 10.0. The van der Waals surface area contributed by atoms with E-state index in [1.165, 1.54) is 19.3 Å². The van der Waals surface area contributed by atoms with Gasteiger partial charge in [-0.1, -0.05) is 36.8 Å². The molecule has 1 aliphatic rings. The Balaban J connectivity index is 1.58. The van der Waals surface area contributed by atoms with Crippen molar-refractivity contribution in [2.24, 2.45) is 0 Å². The molecule has 1 atom stereocenters. The van der Waals surface area contributed by atoms with Crippen molar-refractivity contribution >= 4 is 0 Å². The van der Waals surface area contributed by atoms with Gasteiger partial charge in [0.05, 0.1) is 5.69 Å². The van der Waals surface area contributed by atoms with Crippen molar-refractivity contribution in [1.82, 2.24) is 15.5 Å². The number of H-pyrrole nitrogens is 1. The number of aromatic nitrogens is 2. The summed E-state index contributed by atoms with van der Waals surface area (Å²) in [5.74, 6) is 0.672. The standard InChI is InChI=1S/C15H19N3O/c1-2-6-12(7-3-1)11-19-15-10-14(17-18-15)13-8-4-5-9-16-13/h1-3,6-7,10,13,16H,4-5,8-9,11H2,(H,17,18). The minimum atomic E-state index is 0.398. The Labute approximate surface area is 113 Å². The van der Waals surface area contributed by atoms with Gasteiger partial charge in [0.1, 0.15) is 6.61 Å². The lowest BCUT2D eigenvalue weighted by Crippen LogP contribution is -2.26. The van der Waals surface area contributed by atoms with Crippen LogP contribution in [0.1, 0.15) is 36.6 Å². The van der Waals surface area contributed by atoms with Crippen LogP contribution in [-0.2, 0) is 6.61 Å². The van der Waals surface area contributed by atoms with Gasteiger partial charge in [0, 0.05) is 12.1 Å². The normalized spacial score (nSPS) is 19.3. The Morgan fingerprint density at radius 2 is 2.11 bits per heavy atom. The van der Waals surface area contributed by atoms with E-state index in [9.17, 15) is 0 Å². The molecule has 1 aliphatic heterocycles. The number of rotatable bonds is 4. The highest BCUT2D eigenvalue weighted by molar-refractivity contribution is 5.19. The highest BCUT2D eigenvalue weighted by atomic mass is 16.5. The minimum absolute atomic E-state index is 0.398. The van der Waals surface area contributed by atoms with Crippen LogP contribution < -0.4 is 10.1 Å². The summed E-state index contributed by atoms with van der Waals surface area (Å²) in [7, 11) is 0. The molecule has 1 saturated heterocycles. The third kappa shape index (κ3) is 3.15. The monoisotopic (exact) mass is 257 g/mol. The summed E-state index contributed by atoms with van der Waals surface area (Å²) in [4.78, 5) is 0. The molecule has 1 aromatic carbocycles. The van der Waals surface area contributed by atoms with Gasteiger partial charge in [0.15, 0.2) is 0 Å². The van der Waals surface area contributed by atoms with Crippen LogP contribution in [0.5, 0.6) is 5.88 Å². The zero-order chi connectivity index (χ0) is 12.9. The Bertz CT molecular complexity index is 503. The smallest absolute Gasteiger partial charge is 0.233 e. The van der Waals surface area contributed by atoms with Crippen LogP contribution in [0, 0.1) is 0 Å². The lowest BCUT2D eigenvalue weighted by molar-refractivity contribution is 0.293. The number of ether oxygens (including phenoxy) is 1. The lowest BCUT2D eigenvalue weighted by Gasteiger charge is -2.21. The number of aromatic amines is 1. The Morgan fingerprint density at radius 3 is 2.89 bits per heavy atom. The van der Waals surface area contributed by atoms with E-state index in [0.29, 0.717) is 18.5 Å². The summed E-state index contributed by atoms with van der Waals surface area (Å²) >= 11 is 0. The van der Waals surface area contributed by atoms with Crippen LogP contribution in [0.3, 0.4) is 0 Å². The predicted molar refractivity (Wildman–Crippen MR) is 74.0 cm³/mol. The minimum Gasteiger partial charge on any atom is -0.472 e. The molecule has 100 valence electrons. The maximum absolute atomic E-state index is 5.69. The highest BCUT2D eigenvalue weighted by Gasteiger charge is 2.17. The van der Waals surface area contributed by atoms with Crippen molar-refractivity contribution < 1.29 is 4.74 Å². The molecule has 0 spiro atoms. The van der Waals surface area contributed by atoms with E-state index in [2.05, 4.69) is 27.6 Å². The zero-order valence-electron chi connectivity index (χ0n) is 10.9. The molecule has 2 aromatic rings. The van der Waals surface area contributed by atoms with Crippen molar-refractivity contribution in [3.63, 3.8) is 0 Å².